The summed E-state index contributed by atoms with van der Waals surface area (Å²) in [6.45, 7) is 8.53. The summed E-state index contributed by atoms with van der Waals surface area (Å²) in [5, 5.41) is 0. The van der Waals surface area contributed by atoms with Gasteiger partial charge in [0.15, 0.2) is 0 Å². The number of hydrogen-bond donors (Lipinski definition) is 0. The normalized spacial score (nSPS) is 10.9. The number of fused-ring (bicyclic) bond motifs is 2. The van der Waals surface area contributed by atoms with Crippen LogP contribution in [0.2, 0.25) is 0 Å². The second-order valence-electron chi connectivity index (χ2n) is 7.64. The fourth-order valence-corrected chi connectivity index (χ4v) is 4.84. The first-order valence-corrected chi connectivity index (χ1v) is 12.1. The summed E-state index contributed by atoms with van der Waals surface area (Å²) >= 11 is 7.43. The molecule has 0 spiro atoms. The highest BCUT2D eigenvalue weighted by Crippen LogP contribution is 2.30. The maximum atomic E-state index is 5.03. The third kappa shape index (κ3) is 4.11. The molecular formula is C27H19Br2N5. The van der Waals surface area contributed by atoms with Gasteiger partial charge in [0.1, 0.15) is 11.6 Å². The molecule has 2 aromatic carbocycles. The van der Waals surface area contributed by atoms with E-state index in [1.807, 2.05) is 42.5 Å². The van der Waals surface area contributed by atoms with Crippen LogP contribution in [-0.2, 0) is 13.1 Å². The zero-order valence-corrected chi connectivity index (χ0v) is 21.3. The Kier molecular flexibility index (Phi) is 6.18. The van der Waals surface area contributed by atoms with Crippen molar-refractivity contribution in [2.75, 3.05) is 0 Å². The SMILES string of the molecule is C=C=Cc1nc2ccccc2n1Cc1cc(Br)c(Br)c(Cn2c(C=C=C)nc3ccccc32)n1. The Morgan fingerprint density at radius 3 is 1.85 bits per heavy atom. The minimum absolute atomic E-state index is 0.533. The summed E-state index contributed by atoms with van der Waals surface area (Å²) in [6, 6.07) is 18.1. The Bertz CT molecular complexity index is 1650. The van der Waals surface area contributed by atoms with E-state index in [1.54, 1.807) is 12.2 Å². The zero-order valence-electron chi connectivity index (χ0n) is 18.2. The highest BCUT2D eigenvalue weighted by atomic mass is 79.9. The Labute approximate surface area is 213 Å². The van der Waals surface area contributed by atoms with E-state index < -0.39 is 0 Å². The van der Waals surface area contributed by atoms with Crippen molar-refractivity contribution in [3.63, 3.8) is 0 Å². The number of imidazole rings is 2. The molecule has 166 valence electrons. The van der Waals surface area contributed by atoms with Crippen molar-refractivity contribution in [1.29, 1.82) is 0 Å². The topological polar surface area (TPSA) is 48.5 Å². The van der Waals surface area contributed by atoms with Crippen molar-refractivity contribution in [1.82, 2.24) is 24.1 Å². The van der Waals surface area contributed by atoms with Gasteiger partial charge in [0.05, 0.1) is 51.0 Å². The van der Waals surface area contributed by atoms with E-state index in [9.17, 15) is 0 Å². The fourth-order valence-electron chi connectivity index (χ4n) is 4.02. The molecule has 5 aromatic rings. The summed E-state index contributed by atoms with van der Waals surface area (Å²) < 4.78 is 6.08. The quantitative estimate of drug-likeness (QED) is 0.206. The first kappa shape index (κ1) is 22.3. The number of aromatic nitrogens is 5. The molecular weight excluding hydrogens is 554 g/mol. The standard InChI is InChI=1S/C27H19Br2N5/c1-3-9-25-31-20-11-5-7-13-23(20)33(25)16-18-15-19(28)27(29)22(30-18)17-34-24-14-8-6-12-21(24)32-26(34)10-4-2/h5-15H,1-2,16-17H2. The predicted molar refractivity (Wildman–Crippen MR) is 145 cm³/mol. The van der Waals surface area contributed by atoms with Crippen LogP contribution < -0.4 is 0 Å². The van der Waals surface area contributed by atoms with Gasteiger partial charge < -0.3 is 9.13 Å². The van der Waals surface area contributed by atoms with Crippen molar-refractivity contribution in [2.45, 2.75) is 13.1 Å². The molecule has 7 heteroatoms. The number of hydrogen-bond acceptors (Lipinski definition) is 3. The van der Waals surface area contributed by atoms with Crippen LogP contribution in [0.15, 0.2) is 88.2 Å². The largest absolute Gasteiger partial charge is 0.318 e. The van der Waals surface area contributed by atoms with Gasteiger partial charge in [-0.15, -0.1) is 11.5 Å². The van der Waals surface area contributed by atoms with E-state index in [1.165, 1.54) is 0 Å². The number of nitrogens with zero attached hydrogens (tertiary/aromatic N) is 5. The molecule has 0 radical (unpaired) electrons. The van der Waals surface area contributed by atoms with E-state index in [0.717, 1.165) is 54.0 Å². The molecule has 5 rings (SSSR count). The second-order valence-corrected chi connectivity index (χ2v) is 9.29. The molecule has 0 amide bonds. The Hall–Kier alpha value is -3.47. The summed E-state index contributed by atoms with van der Waals surface area (Å²) in [5.74, 6) is 1.57. The van der Waals surface area contributed by atoms with Crippen LogP contribution in [0, 0.1) is 0 Å². The highest BCUT2D eigenvalue weighted by Gasteiger charge is 2.16. The Morgan fingerprint density at radius 1 is 0.765 bits per heavy atom. The van der Waals surface area contributed by atoms with Crippen molar-refractivity contribution >= 4 is 66.1 Å². The van der Waals surface area contributed by atoms with Gasteiger partial charge in [0.25, 0.3) is 0 Å². The molecule has 0 aliphatic heterocycles. The summed E-state index contributed by atoms with van der Waals surface area (Å²) in [7, 11) is 0. The van der Waals surface area contributed by atoms with E-state index in [4.69, 9.17) is 15.0 Å². The van der Waals surface area contributed by atoms with Crippen LogP contribution in [0.25, 0.3) is 34.2 Å². The van der Waals surface area contributed by atoms with Crippen LogP contribution in [0.3, 0.4) is 0 Å². The second kappa shape index (κ2) is 9.41. The number of rotatable bonds is 6. The van der Waals surface area contributed by atoms with Crippen LogP contribution in [-0.4, -0.2) is 24.1 Å². The lowest BCUT2D eigenvalue weighted by Gasteiger charge is -2.13. The molecule has 0 unspecified atom stereocenters. The van der Waals surface area contributed by atoms with Crippen LogP contribution in [0.4, 0.5) is 0 Å². The van der Waals surface area contributed by atoms with Gasteiger partial charge in [-0.05, 0) is 62.2 Å². The average molecular weight is 573 g/mol. The van der Waals surface area contributed by atoms with Gasteiger partial charge in [0.2, 0.25) is 0 Å². The van der Waals surface area contributed by atoms with Gasteiger partial charge in [-0.1, -0.05) is 37.4 Å². The highest BCUT2D eigenvalue weighted by molar-refractivity contribution is 9.13. The lowest BCUT2D eigenvalue weighted by molar-refractivity contribution is 0.743. The van der Waals surface area contributed by atoms with Crippen LogP contribution in [0.5, 0.6) is 0 Å². The molecule has 0 aliphatic rings. The van der Waals surface area contributed by atoms with Crippen LogP contribution >= 0.6 is 31.9 Å². The van der Waals surface area contributed by atoms with Gasteiger partial charge in [-0.3, -0.25) is 4.98 Å². The predicted octanol–water partition coefficient (Wildman–Crippen LogP) is 7.00. The Morgan fingerprint density at radius 2 is 1.29 bits per heavy atom. The monoisotopic (exact) mass is 571 g/mol. The smallest absolute Gasteiger partial charge is 0.141 e. The molecule has 0 saturated carbocycles. The molecule has 0 aliphatic carbocycles. The van der Waals surface area contributed by atoms with Gasteiger partial charge in [-0.25, -0.2) is 9.97 Å². The first-order valence-electron chi connectivity index (χ1n) is 10.5. The van der Waals surface area contributed by atoms with E-state index in [2.05, 4.69) is 77.7 Å². The first-order chi connectivity index (χ1) is 16.6. The Balaban J connectivity index is 1.60. The van der Waals surface area contributed by atoms with Crippen molar-refractivity contribution in [3.05, 3.63) is 111 Å². The third-order valence-corrected chi connectivity index (χ3v) is 7.54. The minimum Gasteiger partial charge on any atom is -0.318 e. The summed E-state index contributed by atoms with van der Waals surface area (Å²) in [6.07, 6.45) is 3.58. The van der Waals surface area contributed by atoms with Crippen molar-refractivity contribution in [3.8, 4) is 0 Å². The lowest BCUT2D eigenvalue weighted by atomic mass is 10.2. The molecule has 0 atom stereocenters. The summed E-state index contributed by atoms with van der Waals surface area (Å²) in [5.41, 5.74) is 11.4. The molecule has 3 aromatic heterocycles. The number of benzene rings is 2. The zero-order chi connectivity index (χ0) is 23.7. The number of para-hydroxylation sites is 4. The number of halogens is 2. The summed E-state index contributed by atoms with van der Waals surface area (Å²) in [4.78, 5) is 14.5. The van der Waals surface area contributed by atoms with Gasteiger partial charge >= 0.3 is 0 Å². The molecule has 5 nitrogen and oxygen atoms in total. The fraction of sp³-hybridized carbons (Fsp3) is 0.0741. The molecule has 0 N–H and O–H groups in total. The van der Waals surface area contributed by atoms with E-state index in [0.29, 0.717) is 13.1 Å². The maximum absolute atomic E-state index is 5.03. The molecule has 0 fully saturated rings. The average Bonchev–Trinajstić information content (AvgIpc) is 3.35. The van der Waals surface area contributed by atoms with E-state index in [-0.39, 0.29) is 0 Å². The molecule has 0 bridgehead atoms. The number of pyridine rings is 1. The third-order valence-electron chi connectivity index (χ3n) is 5.49. The lowest BCUT2D eigenvalue weighted by Crippen LogP contribution is -2.09. The molecule has 34 heavy (non-hydrogen) atoms. The van der Waals surface area contributed by atoms with E-state index >= 15 is 0 Å². The van der Waals surface area contributed by atoms with Crippen molar-refractivity contribution in [2.24, 2.45) is 0 Å². The van der Waals surface area contributed by atoms with Gasteiger partial charge in [0, 0.05) is 16.6 Å². The maximum Gasteiger partial charge on any atom is 0.141 e. The van der Waals surface area contributed by atoms with Crippen LogP contribution in [0.1, 0.15) is 23.0 Å². The van der Waals surface area contributed by atoms with Crippen molar-refractivity contribution < 1.29 is 0 Å². The molecule has 0 saturated heterocycles. The van der Waals surface area contributed by atoms with Gasteiger partial charge in [-0.2, -0.15) is 0 Å². The molecule has 3 heterocycles. The minimum atomic E-state index is 0.533.